The average Bonchev–Trinajstić information content (AvgIpc) is 2.30. The highest BCUT2D eigenvalue weighted by molar-refractivity contribution is 6.14. The SMILES string of the molecule is C[C@@H](C(N)=O)N1C(=O)C=CC1=O. The number of nitrogens with zero attached hydrogens (tertiary/aromatic N) is 1. The van der Waals surface area contributed by atoms with Crippen molar-refractivity contribution in [2.75, 3.05) is 0 Å². The third-order valence-electron chi connectivity index (χ3n) is 1.64. The van der Waals surface area contributed by atoms with E-state index in [0.717, 1.165) is 17.1 Å². The van der Waals surface area contributed by atoms with Gasteiger partial charge in [0.1, 0.15) is 6.04 Å². The third kappa shape index (κ3) is 1.20. The van der Waals surface area contributed by atoms with Crippen molar-refractivity contribution in [2.24, 2.45) is 5.73 Å². The summed E-state index contributed by atoms with van der Waals surface area (Å²) in [7, 11) is 0. The van der Waals surface area contributed by atoms with Gasteiger partial charge in [-0.3, -0.25) is 19.3 Å². The Balaban J connectivity index is 2.83. The number of carbonyl (C=O) groups excluding carboxylic acids is 3. The fourth-order valence-corrected chi connectivity index (χ4v) is 0.921. The van der Waals surface area contributed by atoms with Crippen molar-refractivity contribution in [3.05, 3.63) is 12.2 Å². The fraction of sp³-hybridized carbons (Fsp3) is 0.286. The van der Waals surface area contributed by atoms with Gasteiger partial charge in [-0.05, 0) is 6.92 Å². The third-order valence-corrected chi connectivity index (χ3v) is 1.64. The van der Waals surface area contributed by atoms with Crippen LogP contribution in [0.5, 0.6) is 0 Å². The lowest BCUT2D eigenvalue weighted by Gasteiger charge is -2.18. The summed E-state index contributed by atoms with van der Waals surface area (Å²) in [6.45, 7) is 1.41. The van der Waals surface area contributed by atoms with E-state index in [-0.39, 0.29) is 0 Å². The first kappa shape index (κ1) is 8.45. The summed E-state index contributed by atoms with van der Waals surface area (Å²) in [5, 5.41) is 0. The van der Waals surface area contributed by atoms with E-state index >= 15 is 0 Å². The summed E-state index contributed by atoms with van der Waals surface area (Å²) in [5.41, 5.74) is 4.93. The monoisotopic (exact) mass is 168 g/mol. The van der Waals surface area contributed by atoms with Gasteiger partial charge in [-0.15, -0.1) is 0 Å². The van der Waals surface area contributed by atoms with Crippen LogP contribution in [0.15, 0.2) is 12.2 Å². The molecule has 0 saturated heterocycles. The Morgan fingerprint density at radius 2 is 1.83 bits per heavy atom. The highest BCUT2D eigenvalue weighted by Gasteiger charge is 2.31. The molecule has 2 N–H and O–H groups in total. The van der Waals surface area contributed by atoms with E-state index in [9.17, 15) is 14.4 Å². The maximum atomic E-state index is 10.9. The van der Waals surface area contributed by atoms with E-state index in [1.807, 2.05) is 0 Å². The smallest absolute Gasteiger partial charge is 0.254 e. The summed E-state index contributed by atoms with van der Waals surface area (Å²) < 4.78 is 0. The van der Waals surface area contributed by atoms with E-state index < -0.39 is 23.8 Å². The molecule has 0 saturated carbocycles. The highest BCUT2D eigenvalue weighted by Crippen LogP contribution is 2.07. The van der Waals surface area contributed by atoms with Crippen LogP contribution in [0.4, 0.5) is 0 Å². The van der Waals surface area contributed by atoms with Crippen molar-refractivity contribution in [3.63, 3.8) is 0 Å². The van der Waals surface area contributed by atoms with Crippen molar-refractivity contribution >= 4 is 17.7 Å². The molecule has 5 heteroatoms. The minimum Gasteiger partial charge on any atom is -0.368 e. The van der Waals surface area contributed by atoms with Crippen LogP contribution >= 0.6 is 0 Å². The quantitative estimate of drug-likeness (QED) is 0.525. The molecular weight excluding hydrogens is 160 g/mol. The zero-order valence-corrected chi connectivity index (χ0v) is 6.48. The largest absolute Gasteiger partial charge is 0.368 e. The number of primary amides is 1. The number of rotatable bonds is 2. The van der Waals surface area contributed by atoms with Crippen LogP contribution in [0, 0.1) is 0 Å². The standard InChI is InChI=1S/C7H8N2O3/c1-4(7(8)12)9-5(10)2-3-6(9)11/h2-4H,1H3,(H2,8,12)/t4-/m0/s1. The van der Waals surface area contributed by atoms with Crippen LogP contribution in [0.3, 0.4) is 0 Å². The predicted octanol–water partition coefficient (Wildman–Crippen LogP) is -1.21. The summed E-state index contributed by atoms with van der Waals surface area (Å²) in [6.07, 6.45) is 2.23. The predicted molar refractivity (Wildman–Crippen MR) is 39.6 cm³/mol. The molecule has 12 heavy (non-hydrogen) atoms. The first-order valence-electron chi connectivity index (χ1n) is 3.38. The Bertz CT molecular complexity index is 264. The lowest BCUT2D eigenvalue weighted by molar-refractivity contribution is -0.143. The first-order chi connectivity index (χ1) is 5.54. The van der Waals surface area contributed by atoms with Gasteiger partial charge in [-0.25, -0.2) is 0 Å². The second kappa shape index (κ2) is 2.77. The molecule has 0 radical (unpaired) electrons. The average molecular weight is 168 g/mol. The van der Waals surface area contributed by atoms with Crippen molar-refractivity contribution in [3.8, 4) is 0 Å². The summed E-state index contributed by atoms with van der Waals surface area (Å²) in [5.74, 6) is -1.68. The lowest BCUT2D eigenvalue weighted by Crippen LogP contribution is -2.45. The van der Waals surface area contributed by atoms with E-state index in [2.05, 4.69) is 0 Å². The van der Waals surface area contributed by atoms with Crippen LogP contribution in [0.25, 0.3) is 0 Å². The van der Waals surface area contributed by atoms with Crippen molar-refractivity contribution < 1.29 is 14.4 Å². The van der Waals surface area contributed by atoms with Crippen molar-refractivity contribution in [2.45, 2.75) is 13.0 Å². The topological polar surface area (TPSA) is 80.5 Å². The summed E-state index contributed by atoms with van der Waals surface area (Å²) >= 11 is 0. The second-order valence-corrected chi connectivity index (χ2v) is 2.46. The van der Waals surface area contributed by atoms with E-state index in [1.54, 1.807) is 0 Å². The highest BCUT2D eigenvalue weighted by atomic mass is 16.2. The van der Waals surface area contributed by atoms with E-state index in [4.69, 9.17) is 5.73 Å². The van der Waals surface area contributed by atoms with Gasteiger partial charge in [-0.2, -0.15) is 0 Å². The molecule has 0 bridgehead atoms. The maximum Gasteiger partial charge on any atom is 0.254 e. The van der Waals surface area contributed by atoms with Gasteiger partial charge in [0.25, 0.3) is 11.8 Å². The Hall–Kier alpha value is -1.65. The van der Waals surface area contributed by atoms with Crippen molar-refractivity contribution in [1.82, 2.24) is 4.90 Å². The van der Waals surface area contributed by atoms with Gasteiger partial charge in [0.2, 0.25) is 5.91 Å². The molecule has 0 aromatic carbocycles. The minimum atomic E-state index is -0.875. The fourth-order valence-electron chi connectivity index (χ4n) is 0.921. The number of carbonyl (C=O) groups is 3. The molecule has 1 aliphatic heterocycles. The zero-order chi connectivity index (χ0) is 9.30. The van der Waals surface area contributed by atoms with Crippen LogP contribution in [0.1, 0.15) is 6.92 Å². The van der Waals surface area contributed by atoms with Gasteiger partial charge >= 0.3 is 0 Å². The molecule has 1 heterocycles. The Morgan fingerprint density at radius 3 is 2.17 bits per heavy atom. The molecule has 3 amide bonds. The van der Waals surface area contributed by atoms with E-state index in [1.165, 1.54) is 6.92 Å². The van der Waals surface area contributed by atoms with Crippen LogP contribution in [-0.4, -0.2) is 28.7 Å². The van der Waals surface area contributed by atoms with Crippen LogP contribution in [0.2, 0.25) is 0 Å². The Labute approximate surface area is 68.8 Å². The first-order valence-corrected chi connectivity index (χ1v) is 3.38. The molecule has 0 fully saturated rings. The van der Waals surface area contributed by atoms with Crippen LogP contribution in [-0.2, 0) is 14.4 Å². The van der Waals surface area contributed by atoms with E-state index in [0.29, 0.717) is 0 Å². The van der Waals surface area contributed by atoms with Crippen LogP contribution < -0.4 is 5.73 Å². The lowest BCUT2D eigenvalue weighted by atomic mass is 10.3. The molecule has 1 aliphatic rings. The van der Waals surface area contributed by atoms with Gasteiger partial charge in [0.15, 0.2) is 0 Å². The Morgan fingerprint density at radius 1 is 1.42 bits per heavy atom. The van der Waals surface area contributed by atoms with Gasteiger partial charge in [0, 0.05) is 12.2 Å². The summed E-state index contributed by atoms with van der Waals surface area (Å²) in [4.78, 5) is 33.3. The molecule has 0 aromatic heterocycles. The van der Waals surface area contributed by atoms with Crippen molar-refractivity contribution in [1.29, 1.82) is 0 Å². The molecule has 0 unspecified atom stereocenters. The zero-order valence-electron chi connectivity index (χ0n) is 6.48. The molecule has 0 aliphatic carbocycles. The number of hydrogen-bond donors (Lipinski definition) is 1. The maximum absolute atomic E-state index is 10.9. The van der Waals surface area contributed by atoms with Gasteiger partial charge < -0.3 is 5.73 Å². The number of nitrogens with two attached hydrogens (primary N) is 1. The van der Waals surface area contributed by atoms with Gasteiger partial charge in [0.05, 0.1) is 0 Å². The summed E-state index contributed by atoms with van der Waals surface area (Å²) in [6, 6.07) is -0.875. The number of hydrogen-bond acceptors (Lipinski definition) is 3. The molecule has 1 rings (SSSR count). The molecule has 0 spiro atoms. The molecule has 1 atom stereocenters. The number of amides is 3. The molecular formula is C7H8N2O3. The number of imide groups is 1. The molecule has 0 aromatic rings. The Kier molecular flexibility index (Phi) is 1.95. The second-order valence-electron chi connectivity index (χ2n) is 2.46. The molecule has 5 nitrogen and oxygen atoms in total. The normalized spacial score (nSPS) is 18.6. The molecule has 64 valence electrons. The van der Waals surface area contributed by atoms with Gasteiger partial charge in [-0.1, -0.05) is 0 Å². The minimum absolute atomic E-state index is 0.494.